The average Bonchev–Trinajstić information content (AvgIpc) is 2.48. The van der Waals surface area contributed by atoms with E-state index >= 15 is 0 Å². The number of anilines is 1. The molecule has 1 heterocycles. The number of ether oxygens (including phenoxy) is 1. The van der Waals surface area contributed by atoms with Crippen molar-refractivity contribution in [1.29, 1.82) is 0 Å². The van der Waals surface area contributed by atoms with E-state index in [1.807, 2.05) is 26.8 Å². The number of nitro benzene ring substituents is 1. The number of aryl methyl sites for hydroxylation is 1. The Labute approximate surface area is 142 Å². The topological polar surface area (TPSA) is 84.7 Å². The Morgan fingerprint density at radius 2 is 1.96 bits per heavy atom. The molecule has 0 atom stereocenters. The number of amides is 1. The highest BCUT2D eigenvalue weighted by Gasteiger charge is 2.27. The van der Waals surface area contributed by atoms with Crippen molar-refractivity contribution in [3.8, 4) is 0 Å². The second-order valence-corrected chi connectivity index (χ2v) is 7.14. The molecule has 1 saturated heterocycles. The summed E-state index contributed by atoms with van der Waals surface area (Å²) < 4.78 is 5.38. The molecule has 0 saturated carbocycles. The van der Waals surface area contributed by atoms with E-state index in [2.05, 4.69) is 5.32 Å². The van der Waals surface area contributed by atoms with Gasteiger partial charge in [-0.15, -0.1) is 0 Å². The maximum Gasteiger partial charge on any atom is 0.410 e. The maximum atomic E-state index is 12.0. The van der Waals surface area contributed by atoms with Crippen molar-refractivity contribution >= 4 is 17.5 Å². The third kappa shape index (κ3) is 4.84. The van der Waals surface area contributed by atoms with Crippen LogP contribution in [0.2, 0.25) is 0 Å². The van der Waals surface area contributed by atoms with Gasteiger partial charge in [-0.2, -0.15) is 0 Å². The Morgan fingerprint density at radius 1 is 1.33 bits per heavy atom. The van der Waals surface area contributed by atoms with Gasteiger partial charge in [0.15, 0.2) is 0 Å². The number of benzene rings is 1. The van der Waals surface area contributed by atoms with Gasteiger partial charge in [-0.25, -0.2) is 4.79 Å². The van der Waals surface area contributed by atoms with Crippen LogP contribution in [-0.2, 0) is 4.74 Å². The summed E-state index contributed by atoms with van der Waals surface area (Å²) in [5, 5.41) is 14.3. The molecule has 0 bridgehead atoms. The standard InChI is InChI=1S/C17H25N3O4/c1-12-5-6-14(11-15(12)20(22)23)18-13-7-9-19(10-8-13)16(21)24-17(2,3)4/h5-6,11,13,18H,7-10H2,1-4H3. The number of rotatable bonds is 3. The molecular weight excluding hydrogens is 310 g/mol. The van der Waals surface area contributed by atoms with Gasteiger partial charge in [0.1, 0.15) is 5.60 Å². The van der Waals surface area contributed by atoms with E-state index < -0.39 is 5.60 Å². The lowest BCUT2D eigenvalue weighted by Crippen LogP contribution is -2.44. The van der Waals surface area contributed by atoms with Crippen molar-refractivity contribution in [3.63, 3.8) is 0 Å². The van der Waals surface area contributed by atoms with E-state index in [1.165, 1.54) is 0 Å². The van der Waals surface area contributed by atoms with E-state index in [9.17, 15) is 14.9 Å². The molecule has 7 heteroatoms. The summed E-state index contributed by atoms with van der Waals surface area (Å²) in [4.78, 5) is 24.4. The number of nitro groups is 1. The first-order valence-electron chi connectivity index (χ1n) is 8.15. The number of nitrogens with one attached hydrogen (secondary N) is 1. The first kappa shape index (κ1) is 18.0. The summed E-state index contributed by atoms with van der Waals surface area (Å²) in [7, 11) is 0. The molecule has 24 heavy (non-hydrogen) atoms. The van der Waals surface area contributed by atoms with Crippen molar-refractivity contribution in [2.24, 2.45) is 0 Å². The fourth-order valence-electron chi connectivity index (χ4n) is 2.66. The lowest BCUT2D eigenvalue weighted by molar-refractivity contribution is -0.385. The highest BCUT2D eigenvalue weighted by Crippen LogP contribution is 2.24. The monoisotopic (exact) mass is 335 g/mol. The Hall–Kier alpha value is -2.31. The summed E-state index contributed by atoms with van der Waals surface area (Å²) in [5.74, 6) is 0. The van der Waals surface area contributed by atoms with E-state index in [0.29, 0.717) is 18.7 Å². The van der Waals surface area contributed by atoms with Gasteiger partial charge in [0, 0.05) is 36.4 Å². The van der Waals surface area contributed by atoms with Gasteiger partial charge in [-0.3, -0.25) is 10.1 Å². The summed E-state index contributed by atoms with van der Waals surface area (Å²) in [6, 6.07) is 5.35. The number of hydrogen-bond acceptors (Lipinski definition) is 5. The van der Waals surface area contributed by atoms with E-state index in [0.717, 1.165) is 18.5 Å². The largest absolute Gasteiger partial charge is 0.444 e. The van der Waals surface area contributed by atoms with Gasteiger partial charge in [0.05, 0.1) is 4.92 Å². The Morgan fingerprint density at radius 3 is 2.50 bits per heavy atom. The first-order chi connectivity index (χ1) is 11.2. The van der Waals surface area contributed by atoms with Crippen molar-refractivity contribution in [2.45, 2.75) is 52.2 Å². The molecule has 1 aromatic carbocycles. The molecule has 1 aromatic rings. The molecule has 0 radical (unpaired) electrons. The van der Waals surface area contributed by atoms with Crippen molar-refractivity contribution in [2.75, 3.05) is 18.4 Å². The number of carbonyl (C=O) groups is 1. The van der Waals surface area contributed by atoms with Crippen LogP contribution < -0.4 is 5.32 Å². The molecule has 0 spiro atoms. The van der Waals surface area contributed by atoms with Crippen molar-refractivity contribution in [1.82, 2.24) is 4.90 Å². The fraction of sp³-hybridized carbons (Fsp3) is 0.588. The predicted molar refractivity (Wildman–Crippen MR) is 92.3 cm³/mol. The molecule has 0 aliphatic carbocycles. The Bertz CT molecular complexity index is 617. The van der Waals surface area contributed by atoms with Gasteiger partial charge >= 0.3 is 6.09 Å². The number of hydrogen-bond donors (Lipinski definition) is 1. The smallest absolute Gasteiger partial charge is 0.410 e. The second-order valence-electron chi connectivity index (χ2n) is 7.14. The molecule has 1 aliphatic heterocycles. The zero-order chi connectivity index (χ0) is 17.9. The van der Waals surface area contributed by atoms with Crippen molar-refractivity contribution in [3.05, 3.63) is 33.9 Å². The molecule has 132 valence electrons. The molecular formula is C17H25N3O4. The normalized spacial score (nSPS) is 15.9. The first-order valence-corrected chi connectivity index (χ1v) is 8.15. The number of nitrogens with zero attached hydrogens (tertiary/aromatic N) is 2. The minimum atomic E-state index is -0.493. The zero-order valence-electron chi connectivity index (χ0n) is 14.7. The predicted octanol–water partition coefficient (Wildman–Crippen LogP) is 3.71. The molecule has 1 aliphatic rings. The minimum absolute atomic E-state index is 0.117. The van der Waals surface area contributed by atoms with Gasteiger partial charge in [0.2, 0.25) is 0 Å². The van der Waals surface area contributed by atoms with Gasteiger partial charge in [0.25, 0.3) is 5.69 Å². The highest BCUT2D eigenvalue weighted by atomic mass is 16.6. The number of carbonyl (C=O) groups excluding carboxylic acids is 1. The van der Waals surface area contributed by atoms with Crippen LogP contribution in [0.4, 0.5) is 16.2 Å². The minimum Gasteiger partial charge on any atom is -0.444 e. The second kappa shape index (κ2) is 7.07. The molecule has 1 amide bonds. The van der Waals surface area contributed by atoms with Gasteiger partial charge in [-0.1, -0.05) is 6.07 Å². The third-order valence-electron chi connectivity index (χ3n) is 3.92. The van der Waals surface area contributed by atoms with Crippen LogP contribution in [0.1, 0.15) is 39.2 Å². The van der Waals surface area contributed by atoms with Gasteiger partial charge < -0.3 is 15.0 Å². The highest BCUT2D eigenvalue weighted by molar-refractivity contribution is 5.68. The third-order valence-corrected chi connectivity index (χ3v) is 3.92. The van der Waals surface area contributed by atoms with E-state index in [4.69, 9.17) is 4.74 Å². The van der Waals surface area contributed by atoms with E-state index in [-0.39, 0.29) is 22.7 Å². The average molecular weight is 335 g/mol. The van der Waals surface area contributed by atoms with Crippen LogP contribution in [0.5, 0.6) is 0 Å². The van der Waals surface area contributed by atoms with Crippen LogP contribution in [0.25, 0.3) is 0 Å². The molecule has 2 rings (SSSR count). The van der Waals surface area contributed by atoms with Crippen LogP contribution in [0, 0.1) is 17.0 Å². The SMILES string of the molecule is Cc1ccc(NC2CCN(C(=O)OC(C)(C)C)CC2)cc1[N+](=O)[O-]. The number of piperidine rings is 1. The van der Waals surface area contributed by atoms with Crippen LogP contribution in [-0.4, -0.2) is 40.6 Å². The molecule has 0 unspecified atom stereocenters. The quantitative estimate of drug-likeness (QED) is 0.672. The van der Waals surface area contributed by atoms with Crippen LogP contribution in [0.3, 0.4) is 0 Å². The van der Waals surface area contributed by atoms with Crippen molar-refractivity contribution < 1.29 is 14.5 Å². The Kier molecular flexibility index (Phi) is 5.31. The summed E-state index contributed by atoms with van der Waals surface area (Å²) in [5.41, 5.74) is 1.01. The Balaban J connectivity index is 1.90. The summed E-state index contributed by atoms with van der Waals surface area (Å²) >= 11 is 0. The molecule has 0 aromatic heterocycles. The van der Waals surface area contributed by atoms with Crippen LogP contribution >= 0.6 is 0 Å². The number of likely N-dealkylation sites (tertiary alicyclic amines) is 1. The zero-order valence-corrected chi connectivity index (χ0v) is 14.7. The summed E-state index contributed by atoms with van der Waals surface area (Å²) in [6.45, 7) is 8.50. The van der Waals surface area contributed by atoms with Crippen LogP contribution in [0.15, 0.2) is 18.2 Å². The van der Waals surface area contributed by atoms with E-state index in [1.54, 1.807) is 24.0 Å². The molecule has 7 nitrogen and oxygen atoms in total. The lowest BCUT2D eigenvalue weighted by atomic mass is 10.0. The van der Waals surface area contributed by atoms with Gasteiger partial charge in [-0.05, 0) is 46.6 Å². The molecule has 1 N–H and O–H groups in total. The maximum absolute atomic E-state index is 12.0. The fourth-order valence-corrected chi connectivity index (χ4v) is 2.66. The lowest BCUT2D eigenvalue weighted by Gasteiger charge is -2.34. The molecule has 1 fully saturated rings. The summed E-state index contributed by atoms with van der Waals surface area (Å²) in [6.07, 6.45) is 1.27.